The first-order valence-corrected chi connectivity index (χ1v) is 33.3. The SMILES string of the molecule is CC/C=C\C/C=C\C/C=C\C/C=C\CCCCCCC(=O)NC(COC1OC(CO)C(OC2OC(CO)C(OC3OC(CO)C(O)C(O)C3O)C(O)C2O)C(O)C1O)C(O)/C=C/CC/C=C/CC/C=C/CCCCCCCCCCCCCCCCC. The second-order valence-corrected chi connectivity index (χ2v) is 23.5. The molecule has 0 bridgehead atoms. The minimum Gasteiger partial charge on any atom is -0.394 e. The number of ether oxygens (including phenoxy) is 6. The van der Waals surface area contributed by atoms with Crippen molar-refractivity contribution in [2.24, 2.45) is 0 Å². The lowest BCUT2D eigenvalue weighted by Gasteiger charge is -2.48. The summed E-state index contributed by atoms with van der Waals surface area (Å²) in [5.74, 6) is -0.316. The minimum absolute atomic E-state index is 0.199. The average molecular weight is 1240 g/mol. The van der Waals surface area contributed by atoms with E-state index in [0.29, 0.717) is 12.8 Å². The van der Waals surface area contributed by atoms with Crippen molar-refractivity contribution in [1.29, 1.82) is 0 Å². The second kappa shape index (κ2) is 49.6. The normalized spacial score (nSPS) is 29.1. The molecule has 1 amide bonds. The molecule has 17 unspecified atom stereocenters. The fourth-order valence-electron chi connectivity index (χ4n) is 10.7. The van der Waals surface area contributed by atoms with Crippen molar-refractivity contribution in [2.75, 3.05) is 26.4 Å². The van der Waals surface area contributed by atoms with Gasteiger partial charge < -0.3 is 89.9 Å². The third kappa shape index (κ3) is 32.2. The molecule has 87 heavy (non-hydrogen) atoms. The van der Waals surface area contributed by atoms with Gasteiger partial charge in [-0.15, -0.1) is 0 Å². The van der Waals surface area contributed by atoms with E-state index in [-0.39, 0.29) is 18.9 Å². The molecule has 3 aliphatic heterocycles. The number of rotatable bonds is 49. The molecular formula is C68H117NO18. The van der Waals surface area contributed by atoms with Crippen LogP contribution in [0, 0.1) is 0 Å². The lowest BCUT2D eigenvalue weighted by Crippen LogP contribution is -2.66. The maximum Gasteiger partial charge on any atom is 0.220 e. The van der Waals surface area contributed by atoms with E-state index in [1.165, 1.54) is 96.3 Å². The Labute approximate surface area is 520 Å². The van der Waals surface area contributed by atoms with Gasteiger partial charge in [0.2, 0.25) is 5.91 Å². The van der Waals surface area contributed by atoms with Gasteiger partial charge in [-0.05, 0) is 83.5 Å². The van der Waals surface area contributed by atoms with Gasteiger partial charge in [0.25, 0.3) is 0 Å². The first-order chi connectivity index (χ1) is 42.3. The summed E-state index contributed by atoms with van der Waals surface area (Å²) >= 11 is 0. The molecule has 17 atom stereocenters. The number of hydrogen-bond acceptors (Lipinski definition) is 18. The molecule has 3 aliphatic rings. The van der Waals surface area contributed by atoms with E-state index < -0.39 is 124 Å². The first kappa shape index (κ1) is 78.2. The zero-order chi connectivity index (χ0) is 63.3. The predicted molar refractivity (Wildman–Crippen MR) is 337 cm³/mol. The van der Waals surface area contributed by atoms with Gasteiger partial charge in [-0.2, -0.15) is 0 Å². The van der Waals surface area contributed by atoms with Crippen molar-refractivity contribution < 1.29 is 89.4 Å². The molecule has 0 aromatic carbocycles. The van der Waals surface area contributed by atoms with E-state index in [4.69, 9.17) is 28.4 Å². The maximum absolute atomic E-state index is 13.4. The zero-order valence-corrected chi connectivity index (χ0v) is 52.7. The van der Waals surface area contributed by atoms with Gasteiger partial charge in [0.05, 0.1) is 38.6 Å². The van der Waals surface area contributed by atoms with Crippen LogP contribution in [0.4, 0.5) is 0 Å². The monoisotopic (exact) mass is 1240 g/mol. The van der Waals surface area contributed by atoms with Gasteiger partial charge in [-0.3, -0.25) is 4.79 Å². The number of nitrogens with one attached hydrogen (secondary N) is 1. The number of carbonyl (C=O) groups excluding carboxylic acids is 1. The van der Waals surface area contributed by atoms with E-state index in [0.717, 1.165) is 77.0 Å². The molecule has 12 N–H and O–H groups in total. The van der Waals surface area contributed by atoms with Crippen LogP contribution < -0.4 is 5.32 Å². The molecule has 3 heterocycles. The fourth-order valence-corrected chi connectivity index (χ4v) is 10.7. The van der Waals surface area contributed by atoms with Crippen molar-refractivity contribution in [2.45, 2.75) is 311 Å². The van der Waals surface area contributed by atoms with Crippen LogP contribution in [-0.2, 0) is 33.2 Å². The second-order valence-electron chi connectivity index (χ2n) is 23.5. The van der Waals surface area contributed by atoms with Crippen LogP contribution >= 0.6 is 0 Å². The Morgan fingerprint density at radius 1 is 0.425 bits per heavy atom. The number of aliphatic hydroxyl groups is 11. The number of unbranched alkanes of at least 4 members (excludes halogenated alkanes) is 21. The molecule has 0 aromatic rings. The van der Waals surface area contributed by atoms with Crippen molar-refractivity contribution in [1.82, 2.24) is 5.32 Å². The number of hydrogen-bond donors (Lipinski definition) is 12. The lowest BCUT2D eigenvalue weighted by atomic mass is 9.96. The van der Waals surface area contributed by atoms with Gasteiger partial charge in [-0.1, -0.05) is 202 Å². The summed E-state index contributed by atoms with van der Waals surface area (Å²) in [5, 5.41) is 120. The van der Waals surface area contributed by atoms with Gasteiger partial charge in [0.15, 0.2) is 18.9 Å². The predicted octanol–water partition coefficient (Wildman–Crippen LogP) is 7.93. The highest BCUT2D eigenvalue weighted by atomic mass is 16.8. The lowest BCUT2D eigenvalue weighted by molar-refractivity contribution is -0.379. The molecule has 0 spiro atoms. The van der Waals surface area contributed by atoms with E-state index in [2.05, 4.69) is 92.1 Å². The van der Waals surface area contributed by atoms with Crippen LogP contribution in [-0.4, -0.2) is 193 Å². The Hall–Kier alpha value is -3.03. The highest BCUT2D eigenvalue weighted by Crippen LogP contribution is 2.33. The summed E-state index contributed by atoms with van der Waals surface area (Å²) in [4.78, 5) is 13.4. The Morgan fingerprint density at radius 3 is 1.29 bits per heavy atom. The number of aliphatic hydroxyl groups excluding tert-OH is 11. The number of amides is 1. The quantitative estimate of drug-likeness (QED) is 0.0203. The smallest absolute Gasteiger partial charge is 0.220 e. The molecule has 3 saturated heterocycles. The van der Waals surface area contributed by atoms with Crippen LogP contribution in [0.5, 0.6) is 0 Å². The van der Waals surface area contributed by atoms with Crippen molar-refractivity contribution in [3.05, 3.63) is 85.1 Å². The molecule has 0 aromatic heterocycles. The molecule has 19 nitrogen and oxygen atoms in total. The van der Waals surface area contributed by atoms with E-state index >= 15 is 0 Å². The van der Waals surface area contributed by atoms with Crippen LogP contribution in [0.1, 0.15) is 206 Å². The topological polar surface area (TPSA) is 307 Å². The standard InChI is InChI=1S/C68H117NO18/c1-3-5-7-9-11-13-15-17-19-21-22-23-24-25-26-27-28-30-31-33-35-37-39-41-43-45-52(73)51(69-56(74)46-44-42-40-38-36-34-32-29-20-18-16-14-12-10-8-6-4-2)50-82-66-62(80)59(77)64(54(48-71)84-66)87-68-63(81)60(78)65(55(49-72)85-68)86-67-61(79)58(76)57(75)53(47-70)83-67/h6,8,12,14,18,20,28,30,32,34-35,37,43,45,51-55,57-68,70-73,75-81H,3-5,7,9-11,13,15-17,19,21-27,29,31,33,36,38-42,44,46-50H2,1-2H3,(H,69,74)/b8-6-,14-12-,20-18-,30-28+,34-32-,37-35+,45-43+. The number of carbonyl (C=O) groups is 1. The van der Waals surface area contributed by atoms with E-state index in [9.17, 15) is 61.0 Å². The molecule has 502 valence electrons. The largest absolute Gasteiger partial charge is 0.394 e. The molecule has 3 rings (SSSR count). The van der Waals surface area contributed by atoms with Crippen molar-refractivity contribution >= 4 is 5.91 Å². The van der Waals surface area contributed by atoms with Crippen molar-refractivity contribution in [3.8, 4) is 0 Å². The molecule has 0 radical (unpaired) electrons. The molecule has 0 aliphatic carbocycles. The Balaban J connectivity index is 1.48. The van der Waals surface area contributed by atoms with Gasteiger partial charge in [0.1, 0.15) is 73.2 Å². The Bertz CT molecular complexity index is 1910. The highest BCUT2D eigenvalue weighted by molar-refractivity contribution is 5.76. The average Bonchev–Trinajstić information content (AvgIpc) is 2.97. The molecule has 19 heteroatoms. The van der Waals surface area contributed by atoms with Crippen LogP contribution in [0.3, 0.4) is 0 Å². The molecule has 3 fully saturated rings. The maximum atomic E-state index is 13.4. The van der Waals surface area contributed by atoms with Gasteiger partial charge >= 0.3 is 0 Å². The molecular weight excluding hydrogens is 1120 g/mol. The summed E-state index contributed by atoms with van der Waals surface area (Å²) < 4.78 is 34.3. The third-order valence-corrected chi connectivity index (χ3v) is 16.2. The summed E-state index contributed by atoms with van der Waals surface area (Å²) in [6.07, 6.45) is 35.7. The Morgan fingerprint density at radius 2 is 0.805 bits per heavy atom. The van der Waals surface area contributed by atoms with Crippen LogP contribution in [0.15, 0.2) is 85.1 Å². The minimum atomic E-state index is -1.99. The number of allylic oxidation sites excluding steroid dienone is 13. The van der Waals surface area contributed by atoms with Crippen LogP contribution in [0.2, 0.25) is 0 Å². The highest BCUT2D eigenvalue weighted by Gasteiger charge is 2.53. The summed E-state index contributed by atoms with van der Waals surface area (Å²) in [6.45, 7) is 1.56. The summed E-state index contributed by atoms with van der Waals surface area (Å²) in [6, 6.07) is -1.01. The summed E-state index contributed by atoms with van der Waals surface area (Å²) in [7, 11) is 0. The van der Waals surface area contributed by atoms with Crippen LogP contribution in [0.25, 0.3) is 0 Å². The Kier molecular flexibility index (Phi) is 44.6. The van der Waals surface area contributed by atoms with E-state index in [1.807, 2.05) is 6.08 Å². The van der Waals surface area contributed by atoms with E-state index in [1.54, 1.807) is 6.08 Å². The zero-order valence-electron chi connectivity index (χ0n) is 52.7. The van der Waals surface area contributed by atoms with Crippen molar-refractivity contribution in [3.63, 3.8) is 0 Å². The third-order valence-electron chi connectivity index (χ3n) is 16.2. The fraction of sp³-hybridized carbons (Fsp3) is 0.779. The molecule has 0 saturated carbocycles. The van der Waals surface area contributed by atoms with Gasteiger partial charge in [-0.25, -0.2) is 0 Å². The van der Waals surface area contributed by atoms with Gasteiger partial charge in [0, 0.05) is 6.42 Å². The first-order valence-electron chi connectivity index (χ1n) is 33.3. The summed E-state index contributed by atoms with van der Waals surface area (Å²) in [5.41, 5.74) is 0.